The van der Waals surface area contributed by atoms with Crippen LogP contribution in [0.2, 0.25) is 4.48 Å². The molecule has 0 unspecified atom stereocenters. The topological polar surface area (TPSA) is 6.48 Å². The Labute approximate surface area is 111 Å². The monoisotopic (exact) mass is 458 g/mol. The van der Waals surface area contributed by atoms with Gasteiger partial charge >= 0.3 is 60.3 Å². The van der Waals surface area contributed by atoms with Crippen LogP contribution < -0.4 is 0 Å². The molecule has 0 aromatic heterocycles. The molecule has 17 heavy (non-hydrogen) atoms. The Bertz CT molecular complexity index is 186. The second kappa shape index (κ2) is 8.57. The van der Waals surface area contributed by atoms with E-state index in [2.05, 4.69) is 38.0 Å². The van der Waals surface area contributed by atoms with Crippen molar-refractivity contribution in [1.29, 1.82) is 0 Å². The first-order valence-corrected chi connectivity index (χ1v) is 10.7. The van der Waals surface area contributed by atoms with Crippen molar-refractivity contribution in [1.82, 2.24) is 9.80 Å². The third kappa shape index (κ3) is 11.3. The van der Waals surface area contributed by atoms with E-state index in [9.17, 15) is 22.0 Å². The Morgan fingerprint density at radius 2 is 1.12 bits per heavy atom. The average molecular weight is 457 g/mol. The van der Waals surface area contributed by atoms with E-state index < -0.39 is 33.9 Å². The standard InChI is InChI=1S/C6H16N2.C2F5.CH3.Pb/c1-7(2)5-6-8(3)4;3-1(4)2(5,6)7;;/h5-6H2,1-4H3;;1H3;/q;;;+2. The first kappa shape index (κ1) is 19.8. The molecule has 2 nitrogen and oxygen atoms in total. The van der Waals surface area contributed by atoms with E-state index in [1.54, 1.807) is 0 Å². The molecule has 0 aliphatic carbocycles. The maximum absolute atomic E-state index is 11.6. The van der Waals surface area contributed by atoms with Crippen LogP contribution in [0.4, 0.5) is 22.0 Å². The predicted octanol–water partition coefficient (Wildman–Crippen LogP) is 2.00. The molecule has 0 aliphatic rings. The number of hydrogen-bond donors (Lipinski definition) is 0. The fourth-order valence-electron chi connectivity index (χ4n) is 0.542. The fraction of sp³-hybridized carbons (Fsp3) is 1.00. The van der Waals surface area contributed by atoms with Crippen molar-refractivity contribution in [2.24, 2.45) is 0 Å². The Kier molecular flexibility index (Phi) is 9.99. The molecule has 0 aliphatic heterocycles. The van der Waals surface area contributed by atoms with Gasteiger partial charge in [-0.15, -0.1) is 0 Å². The summed E-state index contributed by atoms with van der Waals surface area (Å²) in [7, 11) is 8.35. The molecule has 0 saturated carbocycles. The summed E-state index contributed by atoms with van der Waals surface area (Å²) in [5.41, 5.74) is 0. The Hall–Kier alpha value is 0.492. The molecule has 0 spiro atoms. The van der Waals surface area contributed by atoms with Crippen molar-refractivity contribution < 1.29 is 22.0 Å². The fourth-order valence-corrected chi connectivity index (χ4v) is 1.64. The van der Waals surface area contributed by atoms with Gasteiger partial charge in [0.15, 0.2) is 0 Å². The summed E-state index contributed by atoms with van der Waals surface area (Å²) >= 11 is -2.77. The maximum atomic E-state index is 11.6. The Morgan fingerprint density at radius 3 is 1.18 bits per heavy atom. The van der Waals surface area contributed by atoms with Gasteiger partial charge in [0.05, 0.1) is 0 Å². The van der Waals surface area contributed by atoms with Gasteiger partial charge in [-0.1, -0.05) is 0 Å². The van der Waals surface area contributed by atoms with Crippen LogP contribution >= 0.6 is 0 Å². The normalized spacial score (nSPS) is 12.2. The molecule has 0 aromatic carbocycles. The van der Waals surface area contributed by atoms with Crippen molar-refractivity contribution in [3.05, 3.63) is 0 Å². The third-order valence-electron chi connectivity index (χ3n) is 1.66. The van der Waals surface area contributed by atoms with Gasteiger partial charge in [0.25, 0.3) is 0 Å². The quantitative estimate of drug-likeness (QED) is 0.471. The van der Waals surface area contributed by atoms with Crippen molar-refractivity contribution in [3.63, 3.8) is 0 Å². The van der Waals surface area contributed by atoms with Crippen LogP contribution in [0.25, 0.3) is 0 Å². The summed E-state index contributed by atoms with van der Waals surface area (Å²) in [6, 6.07) is 0. The molecule has 0 amide bonds. The second-order valence-corrected chi connectivity index (χ2v) is 8.31. The van der Waals surface area contributed by atoms with Gasteiger partial charge in [-0.3, -0.25) is 0 Å². The molecule has 102 valence electrons. The van der Waals surface area contributed by atoms with Crippen LogP contribution in [0.5, 0.6) is 0 Å². The SMILES string of the molecule is CN(C)CCN(C)C.[CH3][Pb+2][C](F)(F)C(F)(F)F. The van der Waals surface area contributed by atoms with Gasteiger partial charge in [0.1, 0.15) is 0 Å². The zero-order chi connectivity index (χ0) is 14.3. The third-order valence-corrected chi connectivity index (χ3v) is 5.21. The molecular weight excluding hydrogens is 438 g/mol. The van der Waals surface area contributed by atoms with E-state index in [0.717, 1.165) is 17.6 Å². The van der Waals surface area contributed by atoms with Gasteiger partial charge < -0.3 is 9.80 Å². The Balaban J connectivity index is 0. The number of nitrogens with zero attached hydrogens (tertiary/aromatic N) is 2. The summed E-state index contributed by atoms with van der Waals surface area (Å²) < 4.78 is 53.3. The molecular formula is C9H19F5N2Pb+2. The van der Waals surface area contributed by atoms with Crippen LogP contribution in [-0.2, 0) is 0 Å². The molecule has 0 heterocycles. The minimum atomic E-state index is -5.30. The van der Waals surface area contributed by atoms with Gasteiger partial charge in [-0.2, -0.15) is 0 Å². The van der Waals surface area contributed by atoms with E-state index in [1.165, 1.54) is 0 Å². The average Bonchev–Trinajstić information content (AvgIpc) is 2.14. The molecule has 0 radical (unpaired) electrons. The van der Waals surface area contributed by atoms with Crippen LogP contribution in [0.3, 0.4) is 0 Å². The molecule has 0 atom stereocenters. The van der Waals surface area contributed by atoms with E-state index in [-0.39, 0.29) is 0 Å². The molecule has 0 saturated heterocycles. The van der Waals surface area contributed by atoms with E-state index in [0.29, 0.717) is 0 Å². The number of likely N-dealkylation sites (N-methyl/N-ethyl adjacent to an activating group) is 2. The zero-order valence-corrected chi connectivity index (χ0v) is 14.6. The first-order chi connectivity index (χ1) is 7.44. The van der Waals surface area contributed by atoms with Crippen molar-refractivity contribution in [2.75, 3.05) is 41.3 Å². The first-order valence-electron chi connectivity index (χ1n) is 4.87. The summed E-state index contributed by atoms with van der Waals surface area (Å²) in [5.74, 6) is 0. The molecule has 0 rings (SSSR count). The molecule has 8 heteroatoms. The zero-order valence-electron chi connectivity index (χ0n) is 10.7. The van der Waals surface area contributed by atoms with Crippen LogP contribution in [0, 0.1) is 0 Å². The van der Waals surface area contributed by atoms with E-state index in [4.69, 9.17) is 0 Å². The molecule has 0 N–H and O–H groups in total. The van der Waals surface area contributed by atoms with Crippen molar-refractivity contribution in [3.8, 4) is 0 Å². The minimum absolute atomic E-state index is 0.980. The van der Waals surface area contributed by atoms with Crippen molar-refractivity contribution >= 4 is 24.2 Å². The van der Waals surface area contributed by atoms with E-state index >= 15 is 0 Å². The van der Waals surface area contributed by atoms with Crippen LogP contribution in [0.1, 0.15) is 0 Å². The molecule has 0 bridgehead atoms. The van der Waals surface area contributed by atoms with Crippen molar-refractivity contribution in [2.45, 2.75) is 14.1 Å². The second-order valence-electron chi connectivity index (χ2n) is 3.93. The van der Waals surface area contributed by atoms with Gasteiger partial charge in [-0.25, -0.2) is 0 Å². The number of rotatable bonds is 4. The summed E-state index contributed by atoms with van der Waals surface area (Å²) in [5, 5.41) is 0. The predicted molar refractivity (Wildman–Crippen MR) is 59.7 cm³/mol. The summed E-state index contributed by atoms with van der Waals surface area (Å²) in [4.78, 5) is 4.36. The molecule has 0 aromatic rings. The van der Waals surface area contributed by atoms with Crippen LogP contribution in [-0.4, -0.2) is 85.0 Å². The molecule has 0 fully saturated rings. The van der Waals surface area contributed by atoms with Gasteiger partial charge in [0.2, 0.25) is 0 Å². The number of hydrogen-bond acceptors (Lipinski definition) is 2. The van der Waals surface area contributed by atoms with Gasteiger partial charge in [-0.05, 0) is 28.2 Å². The van der Waals surface area contributed by atoms with Gasteiger partial charge in [0, 0.05) is 13.1 Å². The Morgan fingerprint density at radius 1 is 0.824 bits per heavy atom. The number of alkyl halides is 5. The number of halogens is 5. The van der Waals surface area contributed by atoms with Crippen LogP contribution in [0.15, 0.2) is 0 Å². The van der Waals surface area contributed by atoms with E-state index in [1.807, 2.05) is 0 Å². The summed E-state index contributed by atoms with van der Waals surface area (Å²) in [6.45, 7) is 2.29. The summed E-state index contributed by atoms with van der Waals surface area (Å²) in [6.07, 6.45) is -5.30.